The summed E-state index contributed by atoms with van der Waals surface area (Å²) in [5, 5.41) is 2.81. The molecule has 6 nitrogen and oxygen atoms in total. The second-order valence-electron chi connectivity index (χ2n) is 5.55. The molecule has 7 heteroatoms. The molecule has 0 aliphatic carbocycles. The fourth-order valence-corrected chi connectivity index (χ4v) is 2.89. The van der Waals surface area contributed by atoms with Crippen molar-refractivity contribution >= 4 is 40.3 Å². The fourth-order valence-electron chi connectivity index (χ4n) is 2.29. The molecule has 0 saturated heterocycles. The number of para-hydroxylation sites is 2. The first-order valence-corrected chi connectivity index (χ1v) is 8.93. The molecular weight excluding hydrogens is 336 g/mol. The van der Waals surface area contributed by atoms with Gasteiger partial charge in [0.15, 0.2) is 0 Å². The Morgan fingerprint density at radius 3 is 2.56 bits per heavy atom. The summed E-state index contributed by atoms with van der Waals surface area (Å²) in [7, 11) is 0. The van der Waals surface area contributed by atoms with Crippen LogP contribution in [-0.4, -0.2) is 33.0 Å². The average Bonchev–Trinajstić information content (AvgIpc) is 3.00. The molecule has 128 valence electrons. The smallest absolute Gasteiger partial charge is 0.248 e. The van der Waals surface area contributed by atoms with Gasteiger partial charge in [-0.2, -0.15) is 0 Å². The van der Waals surface area contributed by atoms with Gasteiger partial charge >= 0.3 is 0 Å². The minimum absolute atomic E-state index is 0.130. The predicted octanol–water partition coefficient (Wildman–Crippen LogP) is 2.79. The lowest BCUT2D eigenvalue weighted by molar-refractivity contribution is -0.114. The SMILES string of the molecule is Cc1ccc(NC(=O)CSCC(=O)Nn2cnc3ccccc32)cc1. The summed E-state index contributed by atoms with van der Waals surface area (Å²) in [5.41, 5.74) is 6.29. The number of benzene rings is 2. The maximum absolute atomic E-state index is 12.0. The summed E-state index contributed by atoms with van der Waals surface area (Å²) < 4.78 is 1.59. The predicted molar refractivity (Wildman–Crippen MR) is 101 cm³/mol. The molecule has 2 aromatic carbocycles. The Kier molecular flexibility index (Phi) is 5.35. The van der Waals surface area contributed by atoms with Crippen LogP contribution in [0.15, 0.2) is 54.9 Å². The molecule has 1 heterocycles. The molecule has 0 fully saturated rings. The number of imidazole rings is 1. The third-order valence-electron chi connectivity index (χ3n) is 3.50. The standard InChI is InChI=1S/C18H18N4O2S/c1-13-6-8-14(9-7-13)20-17(23)10-25-11-18(24)21-22-12-19-15-4-2-3-5-16(15)22/h2-9,12H,10-11H2,1H3,(H,20,23)(H,21,24). The van der Waals surface area contributed by atoms with Gasteiger partial charge in [0, 0.05) is 5.69 Å². The Bertz CT molecular complexity index is 889. The Hall–Kier alpha value is -2.80. The minimum atomic E-state index is -0.184. The van der Waals surface area contributed by atoms with Crippen molar-refractivity contribution in [3.8, 4) is 0 Å². The maximum atomic E-state index is 12.0. The van der Waals surface area contributed by atoms with Crippen LogP contribution in [-0.2, 0) is 9.59 Å². The first-order valence-electron chi connectivity index (χ1n) is 7.78. The molecule has 25 heavy (non-hydrogen) atoms. The molecule has 3 rings (SSSR count). The van der Waals surface area contributed by atoms with E-state index in [-0.39, 0.29) is 23.3 Å². The number of anilines is 1. The molecule has 2 amide bonds. The molecule has 0 atom stereocenters. The highest BCUT2D eigenvalue weighted by Crippen LogP contribution is 2.11. The zero-order chi connectivity index (χ0) is 17.6. The lowest BCUT2D eigenvalue weighted by Gasteiger charge is -2.07. The highest BCUT2D eigenvalue weighted by Gasteiger charge is 2.08. The van der Waals surface area contributed by atoms with Crippen molar-refractivity contribution in [2.24, 2.45) is 0 Å². The molecule has 0 aliphatic heterocycles. The second-order valence-corrected chi connectivity index (χ2v) is 6.53. The first-order chi connectivity index (χ1) is 12.1. The highest BCUT2D eigenvalue weighted by molar-refractivity contribution is 8.00. The number of carbonyl (C=O) groups is 2. The molecule has 1 aromatic heterocycles. The van der Waals surface area contributed by atoms with Crippen molar-refractivity contribution in [3.63, 3.8) is 0 Å². The highest BCUT2D eigenvalue weighted by atomic mass is 32.2. The molecule has 2 N–H and O–H groups in total. The van der Waals surface area contributed by atoms with Crippen molar-refractivity contribution in [1.29, 1.82) is 0 Å². The van der Waals surface area contributed by atoms with Crippen LogP contribution < -0.4 is 10.7 Å². The van der Waals surface area contributed by atoms with Gasteiger partial charge in [0.2, 0.25) is 11.8 Å². The number of rotatable bonds is 6. The Labute approximate surface area is 149 Å². The van der Waals surface area contributed by atoms with Crippen molar-refractivity contribution in [2.45, 2.75) is 6.92 Å². The lowest BCUT2D eigenvalue weighted by Crippen LogP contribution is -2.24. The molecule has 0 saturated carbocycles. The van der Waals surface area contributed by atoms with E-state index in [4.69, 9.17) is 0 Å². The third kappa shape index (κ3) is 4.60. The monoisotopic (exact) mass is 354 g/mol. The van der Waals surface area contributed by atoms with Gasteiger partial charge in [-0.05, 0) is 31.2 Å². The second kappa shape index (κ2) is 7.85. The van der Waals surface area contributed by atoms with Gasteiger partial charge in [0.1, 0.15) is 6.33 Å². The quantitative estimate of drug-likeness (QED) is 0.714. The third-order valence-corrected chi connectivity index (χ3v) is 4.43. The van der Waals surface area contributed by atoms with Crippen molar-refractivity contribution in [2.75, 3.05) is 22.2 Å². The first kappa shape index (κ1) is 17.0. The van der Waals surface area contributed by atoms with E-state index in [1.165, 1.54) is 11.8 Å². The lowest BCUT2D eigenvalue weighted by atomic mass is 10.2. The zero-order valence-corrected chi connectivity index (χ0v) is 14.5. The van der Waals surface area contributed by atoms with Crippen LogP contribution in [0.4, 0.5) is 5.69 Å². The van der Waals surface area contributed by atoms with Gasteiger partial charge in [-0.1, -0.05) is 29.8 Å². The molecule has 0 unspecified atom stereocenters. The van der Waals surface area contributed by atoms with Gasteiger partial charge < -0.3 is 5.32 Å². The number of aryl methyl sites for hydroxylation is 1. The summed E-state index contributed by atoms with van der Waals surface area (Å²) in [6.07, 6.45) is 1.57. The zero-order valence-electron chi connectivity index (χ0n) is 13.7. The Morgan fingerprint density at radius 2 is 1.76 bits per heavy atom. The van der Waals surface area contributed by atoms with Crippen LogP contribution in [0.1, 0.15) is 5.56 Å². The van der Waals surface area contributed by atoms with Crippen LogP contribution in [0.25, 0.3) is 11.0 Å². The number of hydrogen-bond acceptors (Lipinski definition) is 4. The van der Waals surface area contributed by atoms with Gasteiger partial charge in [0.05, 0.1) is 22.5 Å². The van der Waals surface area contributed by atoms with Crippen LogP contribution in [0, 0.1) is 6.92 Å². The number of hydrogen-bond donors (Lipinski definition) is 2. The average molecular weight is 354 g/mol. The van der Waals surface area contributed by atoms with Crippen molar-refractivity contribution in [3.05, 3.63) is 60.4 Å². The van der Waals surface area contributed by atoms with Crippen LogP contribution >= 0.6 is 11.8 Å². The normalized spacial score (nSPS) is 10.6. The minimum Gasteiger partial charge on any atom is -0.325 e. The molecule has 0 radical (unpaired) electrons. The maximum Gasteiger partial charge on any atom is 0.248 e. The summed E-state index contributed by atoms with van der Waals surface area (Å²) in [4.78, 5) is 28.1. The molecule has 0 aliphatic rings. The number of aromatic nitrogens is 2. The van der Waals surface area contributed by atoms with Gasteiger partial charge in [-0.3, -0.25) is 15.0 Å². The van der Waals surface area contributed by atoms with E-state index in [1.807, 2.05) is 55.5 Å². The number of thioether (sulfide) groups is 1. The van der Waals surface area contributed by atoms with Crippen LogP contribution in [0.3, 0.4) is 0 Å². The van der Waals surface area contributed by atoms with Crippen LogP contribution in [0.2, 0.25) is 0 Å². The number of nitrogens with one attached hydrogen (secondary N) is 2. The summed E-state index contributed by atoms with van der Waals surface area (Å²) >= 11 is 1.26. The van der Waals surface area contributed by atoms with Crippen molar-refractivity contribution < 1.29 is 9.59 Å². The molecule has 0 bridgehead atoms. The van der Waals surface area contributed by atoms with E-state index in [0.29, 0.717) is 0 Å². The van der Waals surface area contributed by atoms with E-state index < -0.39 is 0 Å². The Morgan fingerprint density at radius 1 is 1.04 bits per heavy atom. The van der Waals surface area contributed by atoms with E-state index in [2.05, 4.69) is 15.7 Å². The largest absolute Gasteiger partial charge is 0.325 e. The van der Waals surface area contributed by atoms with Gasteiger partial charge in [0.25, 0.3) is 0 Å². The molecule has 3 aromatic rings. The number of carbonyl (C=O) groups excluding carboxylic acids is 2. The topological polar surface area (TPSA) is 76.0 Å². The van der Waals surface area contributed by atoms with Crippen LogP contribution in [0.5, 0.6) is 0 Å². The van der Waals surface area contributed by atoms with E-state index in [9.17, 15) is 9.59 Å². The van der Waals surface area contributed by atoms with E-state index >= 15 is 0 Å². The van der Waals surface area contributed by atoms with Gasteiger partial charge in [-0.15, -0.1) is 11.8 Å². The molecule has 0 spiro atoms. The Balaban J connectivity index is 1.44. The fraction of sp³-hybridized carbons (Fsp3) is 0.167. The summed E-state index contributed by atoms with van der Waals surface area (Å²) in [6, 6.07) is 15.1. The summed E-state index contributed by atoms with van der Waals surface area (Å²) in [5.74, 6) is 0.0887. The number of fused-ring (bicyclic) bond motifs is 1. The van der Waals surface area contributed by atoms with E-state index in [1.54, 1.807) is 11.0 Å². The number of amides is 2. The van der Waals surface area contributed by atoms with Crippen molar-refractivity contribution in [1.82, 2.24) is 9.66 Å². The summed E-state index contributed by atoms with van der Waals surface area (Å²) in [6.45, 7) is 1.99. The number of nitrogens with zero attached hydrogens (tertiary/aromatic N) is 2. The molecular formula is C18H18N4O2S. The van der Waals surface area contributed by atoms with E-state index in [0.717, 1.165) is 22.3 Å². The van der Waals surface area contributed by atoms with Gasteiger partial charge in [-0.25, -0.2) is 9.66 Å².